The van der Waals surface area contributed by atoms with Crippen molar-refractivity contribution < 1.29 is 37.4 Å². The van der Waals surface area contributed by atoms with Crippen LogP contribution in [0.1, 0.15) is 61.6 Å². The Morgan fingerprint density at radius 1 is 0.922 bits per heavy atom. The van der Waals surface area contributed by atoms with E-state index < -0.39 is 35.2 Å². The van der Waals surface area contributed by atoms with Gasteiger partial charge in [0.25, 0.3) is 5.91 Å². The number of carboxylic acid groups (broad SMARTS) is 1. The van der Waals surface area contributed by atoms with Gasteiger partial charge in [-0.25, -0.2) is 8.78 Å². The number of carbonyl (C=O) groups excluding carboxylic acids is 2. The van der Waals surface area contributed by atoms with Gasteiger partial charge in [-0.3, -0.25) is 14.4 Å². The summed E-state index contributed by atoms with van der Waals surface area (Å²) >= 11 is 6.46. The number of hydrogen-bond donors (Lipinski definition) is 2. The minimum absolute atomic E-state index is 0.00536. The molecule has 2 bridgehead atoms. The lowest BCUT2D eigenvalue weighted by atomic mass is 9.82. The predicted molar refractivity (Wildman–Crippen MR) is 187 cm³/mol. The van der Waals surface area contributed by atoms with Crippen LogP contribution in [-0.4, -0.2) is 77.1 Å². The summed E-state index contributed by atoms with van der Waals surface area (Å²) in [6.07, 6.45) is 4.28. The van der Waals surface area contributed by atoms with E-state index in [2.05, 4.69) is 5.32 Å². The summed E-state index contributed by atoms with van der Waals surface area (Å²) < 4.78 is 46.6. The number of halogens is 4. The van der Waals surface area contributed by atoms with Crippen molar-refractivity contribution in [2.75, 3.05) is 26.2 Å². The van der Waals surface area contributed by atoms with E-state index in [9.17, 15) is 27.6 Å². The quantitative estimate of drug-likeness (QED) is 0.136. The van der Waals surface area contributed by atoms with Crippen molar-refractivity contribution in [3.63, 3.8) is 0 Å². The number of fused-ring (bicyclic) bond motifs is 2. The third-order valence-corrected chi connectivity index (χ3v) is 10.1. The highest BCUT2D eigenvalue weighted by atomic mass is 35.5. The topological polar surface area (TPSA) is 99.2 Å². The first kappa shape index (κ1) is 36.4. The lowest BCUT2D eigenvalue weighted by Crippen LogP contribution is -2.62. The van der Waals surface area contributed by atoms with Crippen molar-refractivity contribution >= 4 is 35.0 Å². The first-order chi connectivity index (χ1) is 24.6. The molecule has 6 rings (SSSR count). The molecule has 2 heterocycles. The number of carboxylic acids is 1. The Morgan fingerprint density at radius 2 is 1.67 bits per heavy atom. The van der Waals surface area contributed by atoms with Crippen molar-refractivity contribution in [2.24, 2.45) is 0 Å². The summed E-state index contributed by atoms with van der Waals surface area (Å²) in [4.78, 5) is 42.6. The second kappa shape index (κ2) is 16.3. The van der Waals surface area contributed by atoms with Gasteiger partial charge in [-0.1, -0.05) is 54.1 Å². The molecule has 3 aromatic rings. The van der Waals surface area contributed by atoms with Crippen LogP contribution < -0.4 is 10.1 Å². The Bertz CT molecular complexity index is 1800. The van der Waals surface area contributed by atoms with E-state index in [-0.39, 0.29) is 49.8 Å². The molecule has 51 heavy (non-hydrogen) atoms. The summed E-state index contributed by atoms with van der Waals surface area (Å²) in [7, 11) is 0. The van der Waals surface area contributed by atoms with Crippen LogP contribution in [0.25, 0.3) is 5.57 Å². The maximum absolute atomic E-state index is 14.7. The molecule has 3 aliphatic rings. The molecule has 1 aliphatic carbocycles. The maximum atomic E-state index is 14.7. The largest absolute Gasteiger partial charge is 0.488 e. The lowest BCUT2D eigenvalue weighted by molar-refractivity contribution is -0.138. The van der Waals surface area contributed by atoms with Gasteiger partial charge < -0.3 is 25.0 Å². The Balaban J connectivity index is 1.21. The molecule has 0 aromatic heterocycles. The molecule has 8 nitrogen and oxygen atoms in total. The number of aliphatic carboxylic acids is 1. The van der Waals surface area contributed by atoms with Gasteiger partial charge in [-0.05, 0) is 85.4 Å². The van der Waals surface area contributed by atoms with Crippen LogP contribution >= 0.6 is 11.6 Å². The van der Waals surface area contributed by atoms with Crippen molar-refractivity contribution in [3.05, 3.63) is 105 Å². The highest BCUT2D eigenvalue weighted by molar-refractivity contribution is 6.31. The zero-order valence-electron chi connectivity index (χ0n) is 28.2. The van der Waals surface area contributed by atoms with Gasteiger partial charge in [-0.15, -0.1) is 0 Å². The van der Waals surface area contributed by atoms with Crippen LogP contribution in [0.4, 0.5) is 13.2 Å². The van der Waals surface area contributed by atoms with Gasteiger partial charge in [0.15, 0.2) is 17.4 Å². The van der Waals surface area contributed by atoms with Crippen molar-refractivity contribution in [2.45, 2.75) is 75.9 Å². The fraction of sp³-hybridized carbons (Fsp3) is 0.410. The Labute approximate surface area is 300 Å². The number of piperazine rings is 1. The number of ether oxygens (including phenoxy) is 1. The summed E-state index contributed by atoms with van der Waals surface area (Å²) in [5, 5.41) is 13.3. The van der Waals surface area contributed by atoms with Crippen LogP contribution in [0.3, 0.4) is 0 Å². The zero-order valence-corrected chi connectivity index (χ0v) is 28.9. The molecule has 2 amide bonds. The Morgan fingerprint density at radius 3 is 2.39 bits per heavy atom. The summed E-state index contributed by atoms with van der Waals surface area (Å²) in [6, 6.07) is 16.7. The molecular formula is C39H41ClF3N3O5. The summed E-state index contributed by atoms with van der Waals surface area (Å²) in [5.74, 6) is -5.32. The van der Waals surface area contributed by atoms with E-state index in [0.29, 0.717) is 62.0 Å². The number of aryl methyl sites for hydroxylation is 1. The molecule has 270 valence electrons. The molecule has 12 heteroatoms. The molecule has 0 unspecified atom stereocenters. The van der Waals surface area contributed by atoms with Crippen LogP contribution in [0.15, 0.2) is 66.2 Å². The third kappa shape index (κ3) is 8.94. The highest BCUT2D eigenvalue weighted by Crippen LogP contribution is 2.37. The minimum Gasteiger partial charge on any atom is -0.488 e. The molecule has 0 spiro atoms. The number of rotatable bonds is 15. The Hall–Kier alpha value is -4.35. The minimum atomic E-state index is -1.35. The molecule has 1 saturated heterocycles. The summed E-state index contributed by atoms with van der Waals surface area (Å²) in [5.41, 5.74) is 4.41. The Kier molecular flexibility index (Phi) is 11.7. The average molecular weight is 724 g/mol. The van der Waals surface area contributed by atoms with Crippen molar-refractivity contribution in [1.82, 2.24) is 15.1 Å². The fourth-order valence-corrected chi connectivity index (χ4v) is 7.25. The molecule has 3 aromatic carbocycles. The number of carbonyl (C=O) groups is 3. The third-order valence-electron chi connectivity index (χ3n) is 9.76. The normalized spacial score (nSPS) is 18.5. The van der Waals surface area contributed by atoms with Crippen LogP contribution in [0, 0.1) is 17.5 Å². The number of amides is 2. The first-order valence-corrected chi connectivity index (χ1v) is 17.9. The molecule has 2 N–H and O–H groups in total. The zero-order chi connectivity index (χ0) is 36.1. The number of nitrogens with zero attached hydrogens (tertiary/aromatic N) is 2. The van der Waals surface area contributed by atoms with Crippen LogP contribution in [0.2, 0.25) is 5.02 Å². The van der Waals surface area contributed by atoms with E-state index >= 15 is 0 Å². The van der Waals surface area contributed by atoms with E-state index in [1.807, 2.05) is 53.4 Å². The molecule has 0 radical (unpaired) electrons. The van der Waals surface area contributed by atoms with Gasteiger partial charge in [0.05, 0.1) is 12.6 Å². The van der Waals surface area contributed by atoms with E-state index in [1.54, 1.807) is 4.90 Å². The monoisotopic (exact) mass is 723 g/mol. The van der Waals surface area contributed by atoms with Gasteiger partial charge in [0.1, 0.15) is 0 Å². The van der Waals surface area contributed by atoms with Crippen LogP contribution in [-0.2, 0) is 27.2 Å². The standard InChI is InChI=1S/C39H41ClF3N3O5/c40-30-7-2-1-6-26(30)18-19-46(28-14-15-28)39(50)36-29(21-27-22-45(23-33(36)44-27)34(47)8-3-9-35(48)49)25-12-10-24(11-13-25)5-4-20-51-38-32(42)17-16-31(41)37(38)43/h1-2,6-7,10-13,16-17,27-28,33,44H,3-5,8-9,14-15,18-23H2,(H,48,49)/t27-,33-/m1/s1. The molecule has 2 fully saturated rings. The number of nitrogens with one attached hydrogen (secondary N) is 1. The second-order valence-corrected chi connectivity index (χ2v) is 13.9. The molecular weight excluding hydrogens is 683 g/mol. The van der Waals surface area contributed by atoms with Crippen LogP contribution in [0.5, 0.6) is 5.75 Å². The molecule has 2 atom stereocenters. The second-order valence-electron chi connectivity index (χ2n) is 13.5. The van der Waals surface area contributed by atoms with E-state index in [4.69, 9.17) is 21.4 Å². The van der Waals surface area contributed by atoms with Crippen molar-refractivity contribution in [3.8, 4) is 5.75 Å². The van der Waals surface area contributed by atoms with Gasteiger partial charge in [0, 0.05) is 55.2 Å². The average Bonchev–Trinajstić information content (AvgIpc) is 3.95. The van der Waals surface area contributed by atoms with Gasteiger partial charge in [-0.2, -0.15) is 4.39 Å². The van der Waals surface area contributed by atoms with Crippen molar-refractivity contribution in [1.29, 1.82) is 0 Å². The van der Waals surface area contributed by atoms with Gasteiger partial charge >= 0.3 is 5.97 Å². The van der Waals surface area contributed by atoms with E-state index in [1.165, 1.54) is 0 Å². The summed E-state index contributed by atoms with van der Waals surface area (Å²) in [6.45, 7) is 1.26. The first-order valence-electron chi connectivity index (χ1n) is 17.5. The van der Waals surface area contributed by atoms with E-state index in [0.717, 1.165) is 41.2 Å². The lowest BCUT2D eigenvalue weighted by Gasteiger charge is -2.45. The SMILES string of the molecule is O=C(O)CCCC(=O)N1C[C@H]2CC(c3ccc(CCCOc4c(F)ccc(F)c4F)cc3)=C(C(=O)N(CCc3ccccc3Cl)C3CC3)[C@@H](C1)N2. The highest BCUT2D eigenvalue weighted by Gasteiger charge is 2.43. The van der Waals surface area contributed by atoms with Gasteiger partial charge in [0.2, 0.25) is 11.7 Å². The molecule has 1 saturated carbocycles. The fourth-order valence-electron chi connectivity index (χ4n) is 7.02. The number of benzene rings is 3. The molecule has 2 aliphatic heterocycles. The smallest absolute Gasteiger partial charge is 0.303 e. The number of hydrogen-bond acceptors (Lipinski definition) is 5. The maximum Gasteiger partial charge on any atom is 0.303 e. The predicted octanol–water partition coefficient (Wildman–Crippen LogP) is 6.58.